The van der Waals surface area contributed by atoms with Gasteiger partial charge in [0.2, 0.25) is 8.87 Å². The Labute approximate surface area is 80.9 Å². The molecule has 0 saturated heterocycles. The minimum absolute atomic E-state index is 0.408. The fraction of sp³-hybridized carbons (Fsp3) is 0.286. The van der Waals surface area contributed by atoms with Crippen LogP contribution >= 0.6 is 10.8 Å². The van der Waals surface area contributed by atoms with Crippen molar-refractivity contribution in [2.75, 3.05) is 12.0 Å². The van der Waals surface area contributed by atoms with Crippen LogP contribution in [0.2, 0.25) is 0 Å². The number of rotatable bonds is 2. The Kier molecular flexibility index (Phi) is 2.82. The van der Waals surface area contributed by atoms with Gasteiger partial charge in [0.25, 0.3) is 0 Å². The van der Waals surface area contributed by atoms with E-state index in [1.807, 2.05) is 6.92 Å². The topological polar surface area (TPSA) is 73.0 Å². The predicted octanol–water partition coefficient (Wildman–Crippen LogP) is 1.02. The minimum Gasteiger partial charge on any atom is -0.398 e. The summed E-state index contributed by atoms with van der Waals surface area (Å²) in [5, 5.41) is 0.408. The second-order valence-electron chi connectivity index (χ2n) is 2.67. The molecule has 1 rings (SSSR count). The monoisotopic (exact) mass is 218 g/mol. The summed E-state index contributed by atoms with van der Waals surface area (Å²) >= 11 is 0. The minimum atomic E-state index is -3.11. The molecule has 0 spiro atoms. The number of aryl methyl sites for hydroxylation is 1. The molecule has 1 aromatic rings. The SMILES string of the molecule is Cc1cnc(SS(C)(=O)=O)cc1N. The summed E-state index contributed by atoms with van der Waals surface area (Å²) in [6, 6.07) is 1.56. The molecule has 72 valence electrons. The first kappa shape index (κ1) is 10.3. The van der Waals surface area contributed by atoms with Crippen molar-refractivity contribution in [2.24, 2.45) is 0 Å². The summed E-state index contributed by atoms with van der Waals surface area (Å²) in [6.07, 6.45) is 2.69. The average Bonchev–Trinajstić information content (AvgIpc) is 1.94. The molecule has 0 aliphatic carbocycles. The smallest absolute Gasteiger partial charge is 0.204 e. The lowest BCUT2D eigenvalue weighted by atomic mass is 10.3. The molecule has 1 heterocycles. The highest BCUT2D eigenvalue weighted by atomic mass is 33.1. The van der Waals surface area contributed by atoms with Crippen LogP contribution in [-0.4, -0.2) is 19.7 Å². The van der Waals surface area contributed by atoms with Crippen molar-refractivity contribution in [1.29, 1.82) is 0 Å². The lowest BCUT2D eigenvalue weighted by Crippen LogP contribution is -1.94. The fourth-order valence-electron chi connectivity index (χ4n) is 0.720. The van der Waals surface area contributed by atoms with Gasteiger partial charge in [0.05, 0.1) is 0 Å². The Morgan fingerprint density at radius 1 is 1.54 bits per heavy atom. The second-order valence-corrected chi connectivity index (χ2v) is 6.98. The van der Waals surface area contributed by atoms with E-state index in [9.17, 15) is 8.42 Å². The van der Waals surface area contributed by atoms with Gasteiger partial charge in [-0.15, -0.1) is 0 Å². The Morgan fingerprint density at radius 3 is 2.62 bits per heavy atom. The molecule has 0 saturated carbocycles. The van der Waals surface area contributed by atoms with E-state index in [1.54, 1.807) is 12.3 Å². The fourth-order valence-corrected chi connectivity index (χ4v) is 2.50. The van der Waals surface area contributed by atoms with Crippen molar-refractivity contribution in [3.8, 4) is 0 Å². The van der Waals surface area contributed by atoms with Crippen molar-refractivity contribution < 1.29 is 8.42 Å². The van der Waals surface area contributed by atoms with Crippen LogP contribution in [0.25, 0.3) is 0 Å². The summed E-state index contributed by atoms with van der Waals surface area (Å²) < 4.78 is 21.8. The number of nitrogens with two attached hydrogens (primary N) is 1. The van der Waals surface area contributed by atoms with Crippen molar-refractivity contribution in [2.45, 2.75) is 11.9 Å². The van der Waals surface area contributed by atoms with Gasteiger partial charge in [0.15, 0.2) is 0 Å². The third-order valence-corrected chi connectivity index (χ3v) is 3.47. The van der Waals surface area contributed by atoms with Gasteiger partial charge in [0, 0.05) is 28.9 Å². The number of aromatic nitrogens is 1. The number of hydrogen-bond donors (Lipinski definition) is 1. The summed E-state index contributed by atoms with van der Waals surface area (Å²) in [7, 11) is -2.40. The number of anilines is 1. The van der Waals surface area contributed by atoms with Gasteiger partial charge in [-0.05, 0) is 18.6 Å². The van der Waals surface area contributed by atoms with Crippen LogP contribution in [0.5, 0.6) is 0 Å². The highest BCUT2D eigenvalue weighted by Gasteiger charge is 2.07. The molecule has 0 bridgehead atoms. The van der Waals surface area contributed by atoms with Crippen LogP contribution < -0.4 is 5.73 Å². The van der Waals surface area contributed by atoms with Gasteiger partial charge < -0.3 is 5.73 Å². The number of hydrogen-bond acceptors (Lipinski definition) is 5. The van der Waals surface area contributed by atoms with Crippen LogP contribution in [0, 0.1) is 6.92 Å². The van der Waals surface area contributed by atoms with Gasteiger partial charge in [-0.2, -0.15) is 0 Å². The summed E-state index contributed by atoms with van der Waals surface area (Å²) in [4.78, 5) is 3.93. The Morgan fingerprint density at radius 2 is 2.15 bits per heavy atom. The molecule has 0 amide bonds. The summed E-state index contributed by atoms with van der Waals surface area (Å²) in [5.74, 6) is 0. The van der Waals surface area contributed by atoms with E-state index in [-0.39, 0.29) is 0 Å². The average molecular weight is 218 g/mol. The van der Waals surface area contributed by atoms with Crippen molar-refractivity contribution in [3.63, 3.8) is 0 Å². The van der Waals surface area contributed by atoms with Crippen LogP contribution in [0.1, 0.15) is 5.56 Å². The maximum atomic E-state index is 10.9. The molecule has 0 aliphatic rings. The molecule has 0 fully saturated rings. The van der Waals surface area contributed by atoms with Gasteiger partial charge in [-0.1, -0.05) is 0 Å². The first-order valence-corrected chi connectivity index (χ1v) is 6.72. The van der Waals surface area contributed by atoms with E-state index in [0.29, 0.717) is 21.5 Å². The maximum absolute atomic E-state index is 10.9. The number of nitrogen functional groups attached to an aromatic ring is 1. The molecule has 0 aromatic carbocycles. The third-order valence-electron chi connectivity index (χ3n) is 1.36. The van der Waals surface area contributed by atoms with E-state index in [4.69, 9.17) is 5.73 Å². The summed E-state index contributed by atoms with van der Waals surface area (Å²) in [5.41, 5.74) is 6.99. The van der Waals surface area contributed by atoms with E-state index in [2.05, 4.69) is 4.98 Å². The van der Waals surface area contributed by atoms with Crippen LogP contribution in [0.4, 0.5) is 5.69 Å². The molecule has 6 heteroatoms. The Bertz CT molecular complexity index is 415. The Balaban J connectivity index is 2.99. The standard InChI is InChI=1S/C7H10N2O2S2/c1-5-4-9-7(3-6(5)8)12-13(2,10)11/h3-4H,1-2H3,(H2,8,9). The molecule has 0 unspecified atom stereocenters. The van der Waals surface area contributed by atoms with Gasteiger partial charge in [0.1, 0.15) is 5.03 Å². The van der Waals surface area contributed by atoms with Crippen molar-refractivity contribution >= 4 is 25.4 Å². The molecule has 0 atom stereocenters. The molecular formula is C7H10N2O2S2. The Hall–Kier alpha value is -0.750. The van der Waals surface area contributed by atoms with Crippen molar-refractivity contribution in [3.05, 3.63) is 17.8 Å². The zero-order valence-corrected chi connectivity index (χ0v) is 8.95. The lowest BCUT2D eigenvalue weighted by Gasteiger charge is -2.01. The summed E-state index contributed by atoms with van der Waals surface area (Å²) in [6.45, 7) is 1.82. The first-order valence-electron chi connectivity index (χ1n) is 3.50. The van der Waals surface area contributed by atoms with E-state index < -0.39 is 8.87 Å². The highest BCUT2D eigenvalue weighted by Crippen LogP contribution is 2.23. The van der Waals surface area contributed by atoms with Crippen LogP contribution in [-0.2, 0) is 8.87 Å². The highest BCUT2D eigenvalue weighted by molar-refractivity contribution is 8.71. The van der Waals surface area contributed by atoms with E-state index in [1.165, 1.54) is 0 Å². The van der Waals surface area contributed by atoms with Gasteiger partial charge in [-0.25, -0.2) is 13.4 Å². The quantitative estimate of drug-likeness (QED) is 0.750. The predicted molar refractivity (Wildman–Crippen MR) is 54.1 cm³/mol. The molecule has 0 radical (unpaired) electrons. The molecular weight excluding hydrogens is 208 g/mol. The molecule has 4 nitrogen and oxygen atoms in total. The zero-order valence-electron chi connectivity index (χ0n) is 7.31. The molecule has 1 aromatic heterocycles. The van der Waals surface area contributed by atoms with E-state index in [0.717, 1.165) is 11.8 Å². The zero-order chi connectivity index (χ0) is 10.1. The van der Waals surface area contributed by atoms with Crippen LogP contribution in [0.3, 0.4) is 0 Å². The normalized spacial score (nSPS) is 11.5. The molecule has 0 aliphatic heterocycles. The van der Waals surface area contributed by atoms with Crippen LogP contribution in [0.15, 0.2) is 17.3 Å². The van der Waals surface area contributed by atoms with Crippen molar-refractivity contribution in [1.82, 2.24) is 4.98 Å². The second kappa shape index (κ2) is 3.55. The lowest BCUT2D eigenvalue weighted by molar-refractivity contribution is 0.615. The van der Waals surface area contributed by atoms with Gasteiger partial charge in [-0.3, -0.25) is 0 Å². The molecule has 2 N–H and O–H groups in total. The number of pyridine rings is 1. The third kappa shape index (κ3) is 3.23. The molecule has 13 heavy (non-hydrogen) atoms. The maximum Gasteiger partial charge on any atom is 0.204 e. The first-order chi connectivity index (χ1) is 5.88. The number of nitrogens with zero attached hydrogens (tertiary/aromatic N) is 1. The van der Waals surface area contributed by atoms with Gasteiger partial charge >= 0.3 is 0 Å². The largest absolute Gasteiger partial charge is 0.398 e. The van der Waals surface area contributed by atoms with E-state index >= 15 is 0 Å².